The van der Waals surface area contributed by atoms with Crippen LogP contribution in [0.4, 0.5) is 0 Å². The maximum absolute atomic E-state index is 2.37. The molecular weight excluding hydrogens is 236 g/mol. The van der Waals surface area contributed by atoms with Gasteiger partial charge in [-0.05, 0) is 49.3 Å². The fraction of sp³-hybridized carbons (Fsp3) is 0.647. The summed E-state index contributed by atoms with van der Waals surface area (Å²) in [5.74, 6) is 0.729. The summed E-state index contributed by atoms with van der Waals surface area (Å²) in [6, 6.07) is 9.27. The lowest BCUT2D eigenvalue weighted by Gasteiger charge is -2.26. The lowest BCUT2D eigenvalue weighted by molar-refractivity contribution is 0.599. The van der Waals surface area contributed by atoms with Crippen molar-refractivity contribution in [2.45, 2.75) is 75.9 Å². The second-order valence-electron chi connectivity index (χ2n) is 5.34. The predicted molar refractivity (Wildman–Crippen MR) is 84.6 cm³/mol. The van der Waals surface area contributed by atoms with Gasteiger partial charge in [-0.15, -0.1) is 11.8 Å². The van der Waals surface area contributed by atoms with Crippen molar-refractivity contribution in [3.05, 3.63) is 29.8 Å². The van der Waals surface area contributed by atoms with E-state index in [9.17, 15) is 0 Å². The third-order valence-electron chi connectivity index (χ3n) is 4.20. The van der Waals surface area contributed by atoms with Crippen LogP contribution in [0.2, 0.25) is 0 Å². The molecule has 0 fully saturated rings. The van der Waals surface area contributed by atoms with Crippen LogP contribution in [0.1, 0.15) is 71.8 Å². The van der Waals surface area contributed by atoms with Gasteiger partial charge >= 0.3 is 0 Å². The molecule has 0 spiro atoms. The Labute approximate surface area is 118 Å². The van der Waals surface area contributed by atoms with Gasteiger partial charge < -0.3 is 0 Å². The van der Waals surface area contributed by atoms with Gasteiger partial charge in [-0.1, -0.05) is 46.8 Å². The van der Waals surface area contributed by atoms with Crippen molar-refractivity contribution in [3.8, 4) is 0 Å². The standard InChI is InChI=1S/C17H28S/c1-6-14(7-2)15-10-12-16(13-11-15)18-17(5,8-3)9-4/h10-14H,6-9H2,1-5H3. The number of hydrogen-bond donors (Lipinski definition) is 0. The summed E-state index contributed by atoms with van der Waals surface area (Å²) in [5, 5.41) is 0. The lowest BCUT2D eigenvalue weighted by atomic mass is 9.94. The van der Waals surface area contributed by atoms with Crippen LogP contribution in [0.25, 0.3) is 0 Å². The highest BCUT2D eigenvalue weighted by atomic mass is 32.2. The molecule has 0 radical (unpaired) electrons. The number of rotatable bonds is 7. The smallest absolute Gasteiger partial charge is 0.0173 e. The molecule has 0 saturated heterocycles. The summed E-state index contributed by atoms with van der Waals surface area (Å²) in [4.78, 5) is 1.41. The molecule has 0 aliphatic carbocycles. The van der Waals surface area contributed by atoms with Crippen LogP contribution in [-0.4, -0.2) is 4.75 Å². The van der Waals surface area contributed by atoms with Crippen LogP contribution in [0.5, 0.6) is 0 Å². The molecule has 102 valence electrons. The molecule has 0 nitrogen and oxygen atoms in total. The van der Waals surface area contributed by atoms with E-state index in [-0.39, 0.29) is 0 Å². The van der Waals surface area contributed by atoms with E-state index in [1.807, 2.05) is 11.8 Å². The molecule has 0 heterocycles. The molecule has 0 N–H and O–H groups in total. The van der Waals surface area contributed by atoms with E-state index in [0.29, 0.717) is 4.75 Å². The average molecular weight is 264 g/mol. The van der Waals surface area contributed by atoms with E-state index in [2.05, 4.69) is 58.9 Å². The minimum Gasteiger partial charge on any atom is -0.120 e. The predicted octanol–water partition coefficient (Wildman–Crippen LogP) is 6.26. The fourth-order valence-corrected chi connectivity index (χ4v) is 3.38. The molecule has 0 aliphatic rings. The van der Waals surface area contributed by atoms with Gasteiger partial charge in [-0.2, -0.15) is 0 Å². The summed E-state index contributed by atoms with van der Waals surface area (Å²) < 4.78 is 0.385. The van der Waals surface area contributed by atoms with Crippen molar-refractivity contribution in [2.24, 2.45) is 0 Å². The van der Waals surface area contributed by atoms with Crippen LogP contribution >= 0.6 is 11.8 Å². The largest absolute Gasteiger partial charge is 0.120 e. The molecule has 0 amide bonds. The van der Waals surface area contributed by atoms with Gasteiger partial charge in [0.25, 0.3) is 0 Å². The molecule has 0 unspecified atom stereocenters. The molecule has 0 aromatic heterocycles. The number of hydrogen-bond acceptors (Lipinski definition) is 1. The highest BCUT2D eigenvalue weighted by Crippen LogP contribution is 2.38. The summed E-state index contributed by atoms with van der Waals surface area (Å²) >= 11 is 2.03. The van der Waals surface area contributed by atoms with Gasteiger partial charge in [0.2, 0.25) is 0 Å². The van der Waals surface area contributed by atoms with Gasteiger partial charge in [0.05, 0.1) is 0 Å². The van der Waals surface area contributed by atoms with Crippen molar-refractivity contribution in [1.29, 1.82) is 0 Å². The fourth-order valence-electron chi connectivity index (χ4n) is 2.25. The third kappa shape index (κ3) is 4.05. The molecule has 0 saturated carbocycles. The molecule has 0 bridgehead atoms. The maximum atomic E-state index is 2.37. The van der Waals surface area contributed by atoms with Gasteiger partial charge in [0, 0.05) is 9.64 Å². The van der Waals surface area contributed by atoms with Gasteiger partial charge in [0.1, 0.15) is 0 Å². The minimum atomic E-state index is 0.385. The summed E-state index contributed by atoms with van der Waals surface area (Å²) in [6.07, 6.45) is 4.93. The van der Waals surface area contributed by atoms with Gasteiger partial charge in [0.15, 0.2) is 0 Å². The zero-order valence-electron chi connectivity index (χ0n) is 12.6. The zero-order valence-corrected chi connectivity index (χ0v) is 13.4. The Kier molecular flexibility index (Phi) is 6.28. The van der Waals surface area contributed by atoms with E-state index in [0.717, 1.165) is 5.92 Å². The molecule has 0 aliphatic heterocycles. The first-order valence-electron chi connectivity index (χ1n) is 7.37. The first kappa shape index (κ1) is 15.6. The zero-order chi connectivity index (χ0) is 13.6. The second kappa shape index (κ2) is 7.23. The van der Waals surface area contributed by atoms with Crippen molar-refractivity contribution < 1.29 is 0 Å². The number of benzene rings is 1. The number of thioether (sulfide) groups is 1. The Morgan fingerprint density at radius 2 is 1.44 bits per heavy atom. The highest BCUT2D eigenvalue weighted by Gasteiger charge is 2.20. The Hall–Kier alpha value is -0.430. The molecular formula is C17H28S. The maximum Gasteiger partial charge on any atom is 0.0173 e. The third-order valence-corrected chi connectivity index (χ3v) is 5.78. The average Bonchev–Trinajstić information content (AvgIpc) is 2.42. The Morgan fingerprint density at radius 1 is 0.944 bits per heavy atom. The van der Waals surface area contributed by atoms with Gasteiger partial charge in [-0.25, -0.2) is 0 Å². The molecule has 1 heteroatoms. The van der Waals surface area contributed by atoms with Crippen LogP contribution < -0.4 is 0 Å². The summed E-state index contributed by atoms with van der Waals surface area (Å²) in [7, 11) is 0. The molecule has 1 rings (SSSR count). The van der Waals surface area contributed by atoms with Crippen molar-refractivity contribution in [1.82, 2.24) is 0 Å². The first-order valence-corrected chi connectivity index (χ1v) is 8.19. The molecule has 0 atom stereocenters. The lowest BCUT2D eigenvalue weighted by Crippen LogP contribution is -2.16. The van der Waals surface area contributed by atoms with E-state index in [1.165, 1.54) is 36.1 Å². The van der Waals surface area contributed by atoms with Crippen molar-refractivity contribution in [3.63, 3.8) is 0 Å². The van der Waals surface area contributed by atoms with Crippen LogP contribution in [0, 0.1) is 0 Å². The van der Waals surface area contributed by atoms with Gasteiger partial charge in [-0.3, -0.25) is 0 Å². The summed E-state index contributed by atoms with van der Waals surface area (Å²) in [6.45, 7) is 11.5. The topological polar surface area (TPSA) is 0 Å². The van der Waals surface area contributed by atoms with E-state index >= 15 is 0 Å². The molecule has 18 heavy (non-hydrogen) atoms. The quantitative estimate of drug-likeness (QED) is 0.524. The Bertz CT molecular complexity index is 331. The van der Waals surface area contributed by atoms with Crippen LogP contribution in [-0.2, 0) is 0 Å². The van der Waals surface area contributed by atoms with Crippen molar-refractivity contribution in [2.75, 3.05) is 0 Å². The second-order valence-corrected chi connectivity index (χ2v) is 7.00. The van der Waals surface area contributed by atoms with Crippen LogP contribution in [0.15, 0.2) is 29.2 Å². The Morgan fingerprint density at radius 3 is 1.83 bits per heavy atom. The monoisotopic (exact) mass is 264 g/mol. The van der Waals surface area contributed by atoms with Crippen molar-refractivity contribution >= 4 is 11.8 Å². The van der Waals surface area contributed by atoms with E-state index < -0.39 is 0 Å². The SMILES string of the molecule is CCC(CC)c1ccc(SC(C)(CC)CC)cc1. The van der Waals surface area contributed by atoms with Crippen LogP contribution in [0.3, 0.4) is 0 Å². The highest BCUT2D eigenvalue weighted by molar-refractivity contribution is 8.00. The minimum absolute atomic E-state index is 0.385. The molecule has 1 aromatic rings. The van der Waals surface area contributed by atoms with E-state index in [1.54, 1.807) is 0 Å². The van der Waals surface area contributed by atoms with E-state index in [4.69, 9.17) is 0 Å². The summed E-state index contributed by atoms with van der Waals surface area (Å²) in [5.41, 5.74) is 1.50. The normalized spacial score (nSPS) is 12.1. The molecule has 1 aromatic carbocycles. The first-order chi connectivity index (χ1) is 8.58. The Balaban J connectivity index is 2.77.